The molecular weight excluding hydrogens is 449 g/mol. The Kier molecular flexibility index (Phi) is 5.34. The van der Waals surface area contributed by atoms with Crippen molar-refractivity contribution in [3.05, 3.63) is 48.6 Å². The maximum absolute atomic E-state index is 13.6. The molecule has 2 saturated heterocycles. The normalized spacial score (nSPS) is 26.0. The van der Waals surface area contributed by atoms with Crippen LogP contribution >= 0.6 is 0 Å². The lowest BCUT2D eigenvalue weighted by Crippen LogP contribution is -2.75. The molecule has 0 spiro atoms. The van der Waals surface area contributed by atoms with Crippen molar-refractivity contribution in [2.45, 2.75) is 43.9 Å². The summed E-state index contributed by atoms with van der Waals surface area (Å²) in [4.78, 5) is 19.1. The molecule has 4 aliphatic rings. The number of hydrogen-bond acceptors (Lipinski definition) is 7. The summed E-state index contributed by atoms with van der Waals surface area (Å²) in [5.41, 5.74) is 1.96. The topological polar surface area (TPSA) is 89.5 Å². The summed E-state index contributed by atoms with van der Waals surface area (Å²) in [6, 6.07) is 3.22. The van der Waals surface area contributed by atoms with Crippen LogP contribution in [0.15, 0.2) is 43.0 Å². The standard InChI is InChI=1S/C22H25F3N8O/c1-14-9-16-12-21(11-14,13-32-8-7-31(2)30-32)33(16)20(34)28-15-3-4-18(22(23,24)25)17(10-15)19-26-5-6-27-29-19/h3-8,10,14,16,30H,9,11-13H2,1-2H3,(H,28,34)/t14-,16?,21?/m1/s1. The van der Waals surface area contributed by atoms with Crippen LogP contribution in [-0.4, -0.2) is 61.3 Å². The van der Waals surface area contributed by atoms with Crippen LogP contribution < -0.4 is 10.9 Å². The molecule has 0 radical (unpaired) electrons. The van der Waals surface area contributed by atoms with Gasteiger partial charge in [-0.2, -0.15) is 18.3 Å². The Hall–Kier alpha value is -3.41. The molecule has 3 atom stereocenters. The molecule has 1 saturated carbocycles. The first-order valence-electron chi connectivity index (χ1n) is 11.0. The third-order valence-corrected chi connectivity index (χ3v) is 6.63. The fourth-order valence-electron chi connectivity index (χ4n) is 5.52. The second kappa shape index (κ2) is 8.12. The number of piperidine rings is 1. The van der Waals surface area contributed by atoms with Crippen molar-refractivity contribution in [1.82, 2.24) is 35.6 Å². The Bertz CT molecular complexity index is 1110. The van der Waals surface area contributed by atoms with Crippen molar-refractivity contribution < 1.29 is 18.0 Å². The zero-order valence-electron chi connectivity index (χ0n) is 18.8. The van der Waals surface area contributed by atoms with Gasteiger partial charge in [0.05, 0.1) is 23.8 Å². The van der Waals surface area contributed by atoms with Gasteiger partial charge in [-0.3, -0.25) is 10.0 Å². The van der Waals surface area contributed by atoms with Crippen LogP contribution in [0.5, 0.6) is 0 Å². The third-order valence-electron chi connectivity index (χ3n) is 6.63. The summed E-state index contributed by atoms with van der Waals surface area (Å²) in [5.74, 6) is 0.320. The van der Waals surface area contributed by atoms with Crippen LogP contribution in [0.2, 0.25) is 0 Å². The minimum atomic E-state index is -4.60. The van der Waals surface area contributed by atoms with Gasteiger partial charge in [-0.1, -0.05) is 6.92 Å². The van der Waals surface area contributed by atoms with Crippen LogP contribution in [0.1, 0.15) is 31.7 Å². The van der Waals surface area contributed by atoms with Gasteiger partial charge in [0.15, 0.2) is 5.82 Å². The highest BCUT2D eigenvalue weighted by Crippen LogP contribution is 2.50. The molecule has 2 unspecified atom stereocenters. The highest BCUT2D eigenvalue weighted by molar-refractivity contribution is 5.92. The summed E-state index contributed by atoms with van der Waals surface area (Å²) in [6.45, 7) is 2.80. The highest BCUT2D eigenvalue weighted by atomic mass is 19.4. The number of carbonyl (C=O) groups is 1. The van der Waals surface area contributed by atoms with Gasteiger partial charge in [0.1, 0.15) is 0 Å². The number of halogens is 3. The molecule has 3 fully saturated rings. The number of alkyl halides is 3. The van der Waals surface area contributed by atoms with Gasteiger partial charge in [0.25, 0.3) is 0 Å². The average Bonchev–Trinajstić information content (AvgIpc) is 3.17. The van der Waals surface area contributed by atoms with Crippen molar-refractivity contribution in [2.24, 2.45) is 5.92 Å². The van der Waals surface area contributed by atoms with Gasteiger partial charge in [0, 0.05) is 42.9 Å². The lowest BCUT2D eigenvalue weighted by molar-refractivity contribution is -0.137. The smallest absolute Gasteiger partial charge is 0.314 e. The number of aromatic nitrogens is 3. The number of amides is 2. The number of fused-ring (bicyclic) bond motifs is 2. The molecule has 1 aromatic carbocycles. The number of anilines is 1. The van der Waals surface area contributed by atoms with Crippen molar-refractivity contribution in [2.75, 3.05) is 18.9 Å². The molecule has 4 heterocycles. The predicted octanol–water partition coefficient (Wildman–Crippen LogP) is 3.47. The molecule has 1 aromatic heterocycles. The lowest BCUT2D eigenvalue weighted by Gasteiger charge is -2.64. The largest absolute Gasteiger partial charge is 0.417 e. The minimum absolute atomic E-state index is 0.101. The van der Waals surface area contributed by atoms with Gasteiger partial charge in [-0.05, 0) is 43.4 Å². The van der Waals surface area contributed by atoms with Crippen LogP contribution in [0, 0.1) is 5.92 Å². The number of hydrazine groups is 2. The predicted molar refractivity (Wildman–Crippen MR) is 117 cm³/mol. The van der Waals surface area contributed by atoms with E-state index < -0.39 is 11.7 Å². The van der Waals surface area contributed by atoms with E-state index in [4.69, 9.17) is 0 Å². The number of hydrogen-bond donors (Lipinski definition) is 2. The van der Waals surface area contributed by atoms with Gasteiger partial charge in [-0.15, -0.1) is 10.6 Å². The number of urea groups is 1. The van der Waals surface area contributed by atoms with E-state index in [1.807, 2.05) is 34.4 Å². The number of rotatable bonds is 4. The van der Waals surface area contributed by atoms with E-state index in [0.29, 0.717) is 12.5 Å². The fourth-order valence-corrected chi connectivity index (χ4v) is 5.52. The lowest BCUT2D eigenvalue weighted by atomic mass is 9.64. The van der Waals surface area contributed by atoms with Gasteiger partial charge < -0.3 is 10.2 Å². The quantitative estimate of drug-likeness (QED) is 0.702. The second-order valence-corrected chi connectivity index (χ2v) is 9.29. The maximum Gasteiger partial charge on any atom is 0.417 e. The van der Waals surface area contributed by atoms with E-state index in [0.717, 1.165) is 25.3 Å². The van der Waals surface area contributed by atoms with Crippen LogP contribution in [-0.2, 0) is 6.18 Å². The zero-order valence-corrected chi connectivity index (χ0v) is 18.8. The van der Waals surface area contributed by atoms with Crippen LogP contribution in [0.4, 0.5) is 23.7 Å². The van der Waals surface area contributed by atoms with Crippen molar-refractivity contribution in [1.29, 1.82) is 0 Å². The van der Waals surface area contributed by atoms with E-state index in [9.17, 15) is 18.0 Å². The van der Waals surface area contributed by atoms with Gasteiger partial charge in [-0.25, -0.2) is 9.78 Å². The van der Waals surface area contributed by atoms with Gasteiger partial charge >= 0.3 is 12.2 Å². The Morgan fingerprint density at radius 3 is 2.76 bits per heavy atom. The molecule has 2 aromatic rings. The van der Waals surface area contributed by atoms with E-state index in [2.05, 4.69) is 33.0 Å². The van der Waals surface area contributed by atoms with E-state index in [1.54, 1.807) is 0 Å². The molecule has 3 aliphatic heterocycles. The Morgan fingerprint density at radius 1 is 1.26 bits per heavy atom. The maximum atomic E-state index is 13.6. The number of nitrogens with zero attached hydrogens (tertiary/aromatic N) is 6. The molecule has 2 amide bonds. The fraction of sp³-hybridized carbons (Fsp3) is 0.455. The van der Waals surface area contributed by atoms with E-state index in [-0.39, 0.29) is 34.7 Å². The summed E-state index contributed by atoms with van der Waals surface area (Å²) in [7, 11) is 1.89. The third kappa shape index (κ3) is 4.02. The molecule has 34 heavy (non-hydrogen) atoms. The molecule has 9 nitrogen and oxygen atoms in total. The highest BCUT2D eigenvalue weighted by Gasteiger charge is 2.58. The molecule has 2 N–H and O–H groups in total. The van der Waals surface area contributed by atoms with Gasteiger partial charge in [0.2, 0.25) is 0 Å². The first-order valence-corrected chi connectivity index (χ1v) is 11.0. The number of benzene rings is 1. The van der Waals surface area contributed by atoms with Crippen molar-refractivity contribution in [3.63, 3.8) is 0 Å². The summed E-state index contributed by atoms with van der Waals surface area (Å²) >= 11 is 0. The van der Waals surface area contributed by atoms with E-state index in [1.165, 1.54) is 24.5 Å². The Morgan fingerprint density at radius 2 is 2.09 bits per heavy atom. The van der Waals surface area contributed by atoms with Crippen molar-refractivity contribution in [3.8, 4) is 11.4 Å². The second-order valence-electron chi connectivity index (χ2n) is 9.29. The molecule has 1 aliphatic carbocycles. The monoisotopic (exact) mass is 474 g/mol. The first kappa shape index (κ1) is 22.4. The number of nitrogens with one attached hydrogen (secondary N) is 2. The van der Waals surface area contributed by atoms with Crippen LogP contribution in [0.3, 0.4) is 0 Å². The molecule has 6 rings (SSSR count). The van der Waals surface area contributed by atoms with Crippen LogP contribution in [0.25, 0.3) is 11.4 Å². The number of carbonyl (C=O) groups excluding carboxylic acids is 1. The Labute approximate surface area is 194 Å². The van der Waals surface area contributed by atoms with Crippen molar-refractivity contribution >= 4 is 11.7 Å². The zero-order chi connectivity index (χ0) is 24.1. The Balaban J connectivity index is 1.40. The minimum Gasteiger partial charge on any atom is -0.314 e. The molecule has 12 heteroatoms. The molecular formula is C22H25F3N8O. The summed E-state index contributed by atoms with van der Waals surface area (Å²) in [6.07, 6.45) is 4.43. The first-order chi connectivity index (χ1) is 16.1. The molecule has 180 valence electrons. The SMILES string of the molecule is C[C@@H]1CC2CC(CN3C=CN(C)N3)(C1)N2C(=O)Nc1ccc(C(F)(F)F)c(-c2nccnn2)c1. The van der Waals surface area contributed by atoms with E-state index >= 15 is 0 Å². The average molecular weight is 474 g/mol. The summed E-state index contributed by atoms with van der Waals surface area (Å²) in [5, 5.41) is 14.0. The summed E-state index contributed by atoms with van der Waals surface area (Å²) < 4.78 is 40.8. The molecule has 2 bridgehead atoms.